The standard InChI is InChI=1S/C13H18N2/c1-3-11(2)13-6-4-12(5-7-13)10-15-9-8-14/h4-7,11,15H,3,9-10H2,1-2H3. The fraction of sp³-hybridized carbons (Fsp3) is 0.462. The van der Waals surface area contributed by atoms with E-state index in [2.05, 4.69) is 49.5 Å². The van der Waals surface area contributed by atoms with Gasteiger partial charge in [-0.1, -0.05) is 38.1 Å². The van der Waals surface area contributed by atoms with E-state index in [1.54, 1.807) is 0 Å². The summed E-state index contributed by atoms with van der Waals surface area (Å²) in [5.74, 6) is 0.631. The van der Waals surface area contributed by atoms with E-state index in [0.717, 1.165) is 6.54 Å². The zero-order chi connectivity index (χ0) is 11.1. The summed E-state index contributed by atoms with van der Waals surface area (Å²) in [6.07, 6.45) is 1.17. The van der Waals surface area contributed by atoms with Crippen molar-refractivity contribution in [2.24, 2.45) is 0 Å². The highest BCUT2D eigenvalue weighted by Crippen LogP contribution is 2.18. The van der Waals surface area contributed by atoms with Crippen LogP contribution in [0, 0.1) is 11.3 Å². The Balaban J connectivity index is 2.53. The molecule has 0 heterocycles. The van der Waals surface area contributed by atoms with Crippen LogP contribution in [0.5, 0.6) is 0 Å². The van der Waals surface area contributed by atoms with Gasteiger partial charge in [-0.15, -0.1) is 0 Å². The lowest BCUT2D eigenvalue weighted by atomic mass is 9.98. The van der Waals surface area contributed by atoms with Crippen LogP contribution in [0.1, 0.15) is 37.3 Å². The van der Waals surface area contributed by atoms with Crippen molar-refractivity contribution in [3.63, 3.8) is 0 Å². The van der Waals surface area contributed by atoms with E-state index in [-0.39, 0.29) is 0 Å². The van der Waals surface area contributed by atoms with E-state index >= 15 is 0 Å². The Kier molecular flexibility index (Phi) is 4.86. The van der Waals surface area contributed by atoms with Gasteiger partial charge in [0, 0.05) is 6.54 Å². The second kappa shape index (κ2) is 6.21. The largest absolute Gasteiger partial charge is 0.300 e. The summed E-state index contributed by atoms with van der Waals surface area (Å²) in [5.41, 5.74) is 2.62. The van der Waals surface area contributed by atoms with Crippen LogP contribution in [0.2, 0.25) is 0 Å². The molecule has 0 aromatic heterocycles. The molecule has 1 rings (SSSR count). The van der Waals surface area contributed by atoms with Crippen LogP contribution in [-0.4, -0.2) is 6.54 Å². The van der Waals surface area contributed by atoms with Crippen molar-refractivity contribution in [2.75, 3.05) is 6.54 Å². The molecule has 2 heteroatoms. The van der Waals surface area contributed by atoms with Crippen LogP contribution < -0.4 is 5.32 Å². The molecule has 2 nitrogen and oxygen atoms in total. The first kappa shape index (κ1) is 11.7. The van der Waals surface area contributed by atoms with Gasteiger partial charge in [-0.05, 0) is 23.5 Å². The topological polar surface area (TPSA) is 35.8 Å². The van der Waals surface area contributed by atoms with Gasteiger partial charge >= 0.3 is 0 Å². The number of hydrogen-bond donors (Lipinski definition) is 1. The molecule has 0 aliphatic carbocycles. The van der Waals surface area contributed by atoms with Crippen LogP contribution >= 0.6 is 0 Å². The van der Waals surface area contributed by atoms with Gasteiger partial charge in [0.15, 0.2) is 0 Å². The Morgan fingerprint density at radius 1 is 1.33 bits per heavy atom. The fourth-order valence-electron chi connectivity index (χ4n) is 1.46. The number of nitrogens with one attached hydrogen (secondary N) is 1. The molecule has 0 bridgehead atoms. The zero-order valence-electron chi connectivity index (χ0n) is 9.46. The highest BCUT2D eigenvalue weighted by atomic mass is 14.8. The lowest BCUT2D eigenvalue weighted by Gasteiger charge is -2.09. The minimum atomic E-state index is 0.410. The van der Waals surface area contributed by atoms with Gasteiger partial charge in [0.25, 0.3) is 0 Å². The molecular formula is C13H18N2. The summed E-state index contributed by atoms with van der Waals surface area (Å²) >= 11 is 0. The second-order valence-electron chi connectivity index (χ2n) is 3.81. The van der Waals surface area contributed by atoms with Gasteiger partial charge in [-0.25, -0.2) is 0 Å². The molecule has 80 valence electrons. The lowest BCUT2D eigenvalue weighted by Crippen LogP contribution is -2.12. The van der Waals surface area contributed by atoms with Gasteiger partial charge in [-0.3, -0.25) is 0 Å². The van der Waals surface area contributed by atoms with E-state index in [9.17, 15) is 0 Å². The van der Waals surface area contributed by atoms with Gasteiger partial charge < -0.3 is 5.32 Å². The lowest BCUT2D eigenvalue weighted by molar-refractivity contribution is 0.729. The molecular weight excluding hydrogens is 184 g/mol. The molecule has 15 heavy (non-hydrogen) atoms. The van der Waals surface area contributed by atoms with Crippen molar-refractivity contribution >= 4 is 0 Å². The first-order valence-corrected chi connectivity index (χ1v) is 5.44. The van der Waals surface area contributed by atoms with Crippen LogP contribution in [0.4, 0.5) is 0 Å². The molecule has 0 amide bonds. The van der Waals surface area contributed by atoms with E-state index in [0.29, 0.717) is 12.5 Å². The molecule has 0 radical (unpaired) electrons. The molecule has 0 spiro atoms. The summed E-state index contributed by atoms with van der Waals surface area (Å²) in [6, 6.07) is 10.7. The van der Waals surface area contributed by atoms with Crippen LogP contribution in [0.25, 0.3) is 0 Å². The Morgan fingerprint density at radius 2 is 2.00 bits per heavy atom. The minimum Gasteiger partial charge on any atom is -0.300 e. The molecule has 1 N–H and O–H groups in total. The van der Waals surface area contributed by atoms with Gasteiger partial charge in [-0.2, -0.15) is 5.26 Å². The maximum atomic E-state index is 8.38. The molecule has 0 aliphatic rings. The molecule has 0 fully saturated rings. The van der Waals surface area contributed by atoms with E-state index in [1.165, 1.54) is 17.5 Å². The number of hydrogen-bond acceptors (Lipinski definition) is 2. The van der Waals surface area contributed by atoms with Crippen molar-refractivity contribution in [1.29, 1.82) is 5.26 Å². The summed E-state index contributed by atoms with van der Waals surface area (Å²) in [5, 5.41) is 11.4. The molecule has 1 aromatic rings. The molecule has 0 aliphatic heterocycles. The van der Waals surface area contributed by atoms with Crippen LogP contribution in [0.15, 0.2) is 24.3 Å². The number of rotatable bonds is 5. The Labute approximate surface area is 91.9 Å². The highest BCUT2D eigenvalue weighted by Gasteiger charge is 2.01. The maximum absolute atomic E-state index is 8.38. The number of nitriles is 1. The van der Waals surface area contributed by atoms with Gasteiger partial charge in [0.05, 0.1) is 12.6 Å². The highest BCUT2D eigenvalue weighted by molar-refractivity contribution is 5.24. The maximum Gasteiger partial charge on any atom is 0.0843 e. The Morgan fingerprint density at radius 3 is 2.53 bits per heavy atom. The monoisotopic (exact) mass is 202 g/mol. The normalized spacial score (nSPS) is 12.1. The summed E-state index contributed by atoms with van der Waals surface area (Å²) in [7, 11) is 0. The van der Waals surface area contributed by atoms with Gasteiger partial charge in [0.2, 0.25) is 0 Å². The van der Waals surface area contributed by atoms with E-state index in [4.69, 9.17) is 5.26 Å². The average Bonchev–Trinajstić information content (AvgIpc) is 2.29. The Hall–Kier alpha value is -1.33. The van der Waals surface area contributed by atoms with Crippen LogP contribution in [0.3, 0.4) is 0 Å². The third kappa shape index (κ3) is 3.73. The number of nitrogens with zero attached hydrogens (tertiary/aromatic N) is 1. The molecule has 1 unspecified atom stereocenters. The summed E-state index contributed by atoms with van der Waals surface area (Å²) in [6.45, 7) is 5.62. The van der Waals surface area contributed by atoms with Gasteiger partial charge in [0.1, 0.15) is 0 Å². The SMILES string of the molecule is CCC(C)c1ccc(CNCC#N)cc1. The molecule has 1 atom stereocenters. The second-order valence-corrected chi connectivity index (χ2v) is 3.81. The van der Waals surface area contributed by atoms with E-state index < -0.39 is 0 Å². The van der Waals surface area contributed by atoms with Crippen molar-refractivity contribution in [2.45, 2.75) is 32.7 Å². The average molecular weight is 202 g/mol. The Bertz CT molecular complexity index is 321. The predicted molar refractivity (Wildman–Crippen MR) is 62.5 cm³/mol. The quantitative estimate of drug-likeness (QED) is 0.588. The summed E-state index contributed by atoms with van der Waals surface area (Å²) < 4.78 is 0. The fourth-order valence-corrected chi connectivity index (χ4v) is 1.46. The van der Waals surface area contributed by atoms with Crippen molar-refractivity contribution < 1.29 is 0 Å². The molecule has 0 saturated heterocycles. The van der Waals surface area contributed by atoms with Crippen molar-refractivity contribution in [3.8, 4) is 6.07 Å². The first-order valence-electron chi connectivity index (χ1n) is 5.44. The van der Waals surface area contributed by atoms with Crippen molar-refractivity contribution in [3.05, 3.63) is 35.4 Å². The third-order valence-corrected chi connectivity index (χ3v) is 2.69. The van der Waals surface area contributed by atoms with Crippen LogP contribution in [-0.2, 0) is 6.54 Å². The molecule has 1 aromatic carbocycles. The van der Waals surface area contributed by atoms with E-state index in [1.807, 2.05) is 0 Å². The predicted octanol–water partition coefficient (Wildman–Crippen LogP) is 2.81. The summed E-state index contributed by atoms with van der Waals surface area (Å²) in [4.78, 5) is 0. The number of benzene rings is 1. The zero-order valence-corrected chi connectivity index (χ0v) is 9.46. The smallest absolute Gasteiger partial charge is 0.0843 e. The van der Waals surface area contributed by atoms with Crippen molar-refractivity contribution in [1.82, 2.24) is 5.32 Å². The molecule has 0 saturated carbocycles. The first-order chi connectivity index (χ1) is 7.27. The minimum absolute atomic E-state index is 0.410. The third-order valence-electron chi connectivity index (χ3n) is 2.69.